The standard InChI is InChI=1S/C30H42O10/c1-13-11-30-25(37-18(6)32)14(2)12-29(30,40-30)24(33)15(3)22(36-17(5)31)19-20(27(19,7)8)23(35-10)21(13)38-26(34)28(9)16(4)39-28/h11,14-16,19-23,25H,12H2,1-10H3/b13-11+/t14-,15+,16?,19-,20+,21+,22-,23?,25-,28?,29-,30-/m0/s1. The first-order chi connectivity index (χ1) is 18.5. The number of ketones is 1. The Labute approximate surface area is 235 Å². The minimum absolute atomic E-state index is 0.183. The van der Waals surface area contributed by atoms with Crippen molar-refractivity contribution in [3.63, 3.8) is 0 Å². The molecular formula is C30H42O10. The molecule has 0 aromatic heterocycles. The van der Waals surface area contributed by atoms with E-state index in [1.54, 1.807) is 34.0 Å². The second-order valence-corrected chi connectivity index (χ2v) is 13.3. The van der Waals surface area contributed by atoms with E-state index in [2.05, 4.69) is 0 Å². The Bertz CT molecular complexity index is 1170. The Hall–Kier alpha value is -2.30. The Morgan fingerprint density at radius 2 is 1.52 bits per heavy atom. The van der Waals surface area contributed by atoms with E-state index in [4.69, 9.17) is 28.4 Å². The highest BCUT2D eigenvalue weighted by Gasteiger charge is 2.84. The van der Waals surface area contributed by atoms with Gasteiger partial charge in [-0.3, -0.25) is 14.4 Å². The number of rotatable bonds is 5. The number of epoxide rings is 2. The maximum absolute atomic E-state index is 14.3. The lowest BCUT2D eigenvalue weighted by Gasteiger charge is -2.30. The van der Waals surface area contributed by atoms with Gasteiger partial charge in [0.2, 0.25) is 0 Å². The van der Waals surface area contributed by atoms with Crippen molar-refractivity contribution in [2.45, 2.75) is 116 Å². The van der Waals surface area contributed by atoms with E-state index in [-0.39, 0.29) is 29.6 Å². The molecule has 3 aliphatic carbocycles. The van der Waals surface area contributed by atoms with Crippen LogP contribution >= 0.6 is 0 Å². The molecule has 0 bridgehead atoms. The zero-order valence-electron chi connectivity index (χ0n) is 25.1. The number of methoxy groups -OCH3 is 1. The average molecular weight is 563 g/mol. The Kier molecular flexibility index (Phi) is 6.64. The zero-order chi connectivity index (χ0) is 29.7. The summed E-state index contributed by atoms with van der Waals surface area (Å²) in [6.45, 7) is 15.8. The summed E-state index contributed by atoms with van der Waals surface area (Å²) in [4.78, 5) is 52.1. The molecule has 0 aromatic carbocycles. The third-order valence-corrected chi connectivity index (χ3v) is 10.3. The maximum Gasteiger partial charge on any atom is 0.341 e. The maximum atomic E-state index is 14.3. The van der Waals surface area contributed by atoms with E-state index in [1.165, 1.54) is 13.8 Å². The average Bonchev–Trinajstić information content (AvgIpc) is 3.76. The number of ether oxygens (including phenoxy) is 6. The first-order valence-corrected chi connectivity index (χ1v) is 14.2. The molecule has 222 valence electrons. The molecule has 4 fully saturated rings. The van der Waals surface area contributed by atoms with Gasteiger partial charge in [0.1, 0.15) is 24.4 Å². The van der Waals surface area contributed by atoms with Crippen LogP contribution in [0.15, 0.2) is 11.6 Å². The fraction of sp³-hybridized carbons (Fsp3) is 0.800. The predicted octanol–water partition coefficient (Wildman–Crippen LogP) is 2.94. The SMILES string of the molecule is COC1[C@H](OC(=O)C2(C)OC2C)/C(C)=C/[C@@]23O[C@@]2(C[C@H](C)[C@@H]3OC(C)=O)C(=O)[C@H](C)[C@H](OC(C)=O)[C@@H]2[C@H]1C2(C)C. The van der Waals surface area contributed by atoms with Crippen molar-refractivity contribution in [2.24, 2.45) is 29.1 Å². The van der Waals surface area contributed by atoms with Crippen molar-refractivity contribution < 1.29 is 47.6 Å². The van der Waals surface area contributed by atoms with Gasteiger partial charge >= 0.3 is 17.9 Å². The number of hydrogen-bond acceptors (Lipinski definition) is 10. The smallest absolute Gasteiger partial charge is 0.341 e. The molecule has 0 spiro atoms. The second kappa shape index (κ2) is 9.10. The van der Waals surface area contributed by atoms with Gasteiger partial charge in [0.05, 0.1) is 12.0 Å². The van der Waals surface area contributed by atoms with Crippen LogP contribution in [0, 0.1) is 29.1 Å². The highest BCUT2D eigenvalue weighted by atomic mass is 16.7. The van der Waals surface area contributed by atoms with Crippen molar-refractivity contribution in [1.82, 2.24) is 0 Å². The minimum Gasteiger partial charge on any atom is -0.461 e. The molecule has 12 atom stereocenters. The van der Waals surface area contributed by atoms with Gasteiger partial charge in [0.25, 0.3) is 0 Å². The Balaban J connectivity index is 1.66. The predicted molar refractivity (Wildman–Crippen MR) is 140 cm³/mol. The van der Waals surface area contributed by atoms with Crippen molar-refractivity contribution in [3.05, 3.63) is 11.6 Å². The minimum atomic E-state index is -1.26. The van der Waals surface area contributed by atoms with Crippen molar-refractivity contribution in [3.8, 4) is 0 Å². The molecule has 2 heterocycles. The van der Waals surface area contributed by atoms with Gasteiger partial charge in [-0.05, 0) is 50.2 Å². The summed E-state index contributed by atoms with van der Waals surface area (Å²) in [6, 6.07) is 0. The highest BCUT2D eigenvalue weighted by Crippen LogP contribution is 2.68. The van der Waals surface area contributed by atoms with Gasteiger partial charge < -0.3 is 28.4 Å². The summed E-state index contributed by atoms with van der Waals surface area (Å²) in [5.74, 6) is -3.00. The first-order valence-electron chi connectivity index (χ1n) is 14.2. The van der Waals surface area contributed by atoms with E-state index in [1.807, 2.05) is 27.7 Å². The molecule has 5 rings (SSSR count). The van der Waals surface area contributed by atoms with Crippen LogP contribution in [-0.4, -0.2) is 78.1 Å². The van der Waals surface area contributed by atoms with Crippen molar-refractivity contribution in [2.75, 3.05) is 7.11 Å². The van der Waals surface area contributed by atoms with Crippen LogP contribution in [0.5, 0.6) is 0 Å². The summed E-state index contributed by atoms with van der Waals surface area (Å²) in [5, 5.41) is 0. The van der Waals surface area contributed by atoms with Crippen LogP contribution in [0.1, 0.15) is 68.7 Å². The van der Waals surface area contributed by atoms with E-state index >= 15 is 0 Å². The molecule has 2 saturated carbocycles. The summed E-state index contributed by atoms with van der Waals surface area (Å²) < 4.78 is 35.8. The van der Waals surface area contributed by atoms with Crippen LogP contribution in [0.25, 0.3) is 0 Å². The molecule has 3 unspecified atom stereocenters. The van der Waals surface area contributed by atoms with E-state index < -0.39 is 70.5 Å². The van der Waals surface area contributed by atoms with Gasteiger partial charge in [-0.25, -0.2) is 4.79 Å². The summed E-state index contributed by atoms with van der Waals surface area (Å²) >= 11 is 0. The lowest BCUT2D eigenvalue weighted by atomic mass is 9.80. The fourth-order valence-corrected chi connectivity index (χ4v) is 7.94. The zero-order valence-corrected chi connectivity index (χ0v) is 25.1. The molecule has 40 heavy (non-hydrogen) atoms. The quantitative estimate of drug-likeness (QED) is 0.213. The monoisotopic (exact) mass is 562 g/mol. The van der Waals surface area contributed by atoms with Gasteiger partial charge in [0.15, 0.2) is 22.6 Å². The largest absolute Gasteiger partial charge is 0.461 e. The highest BCUT2D eigenvalue weighted by molar-refractivity contribution is 5.96. The lowest BCUT2D eigenvalue weighted by Crippen LogP contribution is -2.43. The lowest BCUT2D eigenvalue weighted by molar-refractivity contribution is -0.161. The normalized spacial score (nSPS) is 49.6. The fourth-order valence-electron chi connectivity index (χ4n) is 7.94. The number of carbonyl (C=O) groups is 4. The molecule has 0 radical (unpaired) electrons. The van der Waals surface area contributed by atoms with Gasteiger partial charge in [-0.15, -0.1) is 0 Å². The Morgan fingerprint density at radius 1 is 0.950 bits per heavy atom. The van der Waals surface area contributed by atoms with Crippen molar-refractivity contribution >= 4 is 23.7 Å². The molecule has 5 aliphatic rings. The molecule has 0 aromatic rings. The molecule has 0 N–H and O–H groups in total. The molecule has 2 aliphatic heterocycles. The summed E-state index contributed by atoms with van der Waals surface area (Å²) in [6.07, 6.45) is -1.10. The number of carbonyl (C=O) groups excluding carboxylic acids is 4. The molecule has 10 nitrogen and oxygen atoms in total. The Morgan fingerprint density at radius 3 is 2.05 bits per heavy atom. The van der Waals surface area contributed by atoms with Crippen molar-refractivity contribution in [1.29, 1.82) is 0 Å². The van der Waals surface area contributed by atoms with Crippen LogP contribution < -0.4 is 0 Å². The molecular weight excluding hydrogens is 520 g/mol. The third kappa shape index (κ3) is 4.00. The van der Waals surface area contributed by atoms with Crippen LogP contribution in [0.4, 0.5) is 0 Å². The first kappa shape index (κ1) is 29.2. The number of hydrogen-bond donors (Lipinski definition) is 0. The third-order valence-electron chi connectivity index (χ3n) is 10.3. The summed E-state index contributed by atoms with van der Waals surface area (Å²) in [7, 11) is 1.56. The summed E-state index contributed by atoms with van der Waals surface area (Å²) in [5.41, 5.74) is -3.34. The number of fused-ring (bicyclic) bond motifs is 1. The molecule has 10 heteroatoms. The molecule has 2 saturated heterocycles. The number of esters is 3. The van der Waals surface area contributed by atoms with Gasteiger partial charge in [-0.1, -0.05) is 27.7 Å². The van der Waals surface area contributed by atoms with E-state index in [0.717, 1.165) is 0 Å². The topological polar surface area (TPSA) is 130 Å². The van der Waals surface area contributed by atoms with E-state index in [9.17, 15) is 19.2 Å². The van der Waals surface area contributed by atoms with E-state index in [0.29, 0.717) is 12.0 Å². The van der Waals surface area contributed by atoms with Gasteiger partial charge in [0, 0.05) is 32.8 Å². The van der Waals surface area contributed by atoms with Crippen LogP contribution in [0.3, 0.4) is 0 Å². The van der Waals surface area contributed by atoms with Gasteiger partial charge in [-0.2, -0.15) is 0 Å². The second-order valence-electron chi connectivity index (χ2n) is 13.3. The van der Waals surface area contributed by atoms with Crippen LogP contribution in [-0.2, 0) is 47.6 Å². The molecule has 0 amide bonds. The van der Waals surface area contributed by atoms with Crippen LogP contribution in [0.2, 0.25) is 0 Å². The number of Topliss-reactive ketones (excluding diaryl/α,β-unsaturated/α-hetero) is 1.